The molecule has 1 unspecified atom stereocenters. The molecule has 1 aliphatic rings. The number of hydrogen-bond donors (Lipinski definition) is 0. The molecule has 96 valence electrons. The third kappa shape index (κ3) is 2.10. The zero-order chi connectivity index (χ0) is 12.9. The largest absolute Gasteiger partial charge is 0.248 e. The molecule has 0 saturated heterocycles. The number of rotatable bonds is 1. The lowest BCUT2D eigenvalue weighted by Gasteiger charge is -2.09. The van der Waals surface area contributed by atoms with Crippen molar-refractivity contribution in [2.45, 2.75) is 38.0 Å². The molecule has 0 bridgehead atoms. The normalized spacial score (nSPS) is 22.8. The van der Waals surface area contributed by atoms with Gasteiger partial charge in [0.1, 0.15) is 15.8 Å². The monoisotopic (exact) mass is 288 g/mol. The van der Waals surface area contributed by atoms with Crippen molar-refractivity contribution < 1.29 is 8.78 Å². The highest BCUT2D eigenvalue weighted by atomic mass is 35.5. The second kappa shape index (κ2) is 4.10. The van der Waals surface area contributed by atoms with Crippen LogP contribution in [0.15, 0.2) is 6.07 Å². The highest BCUT2D eigenvalue weighted by Crippen LogP contribution is 2.44. The van der Waals surface area contributed by atoms with Gasteiger partial charge in [0.05, 0.1) is 0 Å². The number of aryl methyl sites for hydroxylation is 1. The quantitative estimate of drug-likeness (QED) is 0.719. The van der Waals surface area contributed by atoms with E-state index in [1.165, 1.54) is 11.3 Å². The van der Waals surface area contributed by atoms with Crippen LogP contribution in [0.2, 0.25) is 5.15 Å². The summed E-state index contributed by atoms with van der Waals surface area (Å²) in [7, 11) is 0. The van der Waals surface area contributed by atoms with Gasteiger partial charge in [-0.25, -0.2) is 18.7 Å². The minimum Gasteiger partial charge on any atom is -0.222 e. The average molecular weight is 289 g/mol. The Kier molecular flexibility index (Phi) is 2.79. The number of halogens is 3. The summed E-state index contributed by atoms with van der Waals surface area (Å²) in [6, 6.07) is 1.93. The predicted molar refractivity (Wildman–Crippen MR) is 68.7 cm³/mol. The van der Waals surface area contributed by atoms with Gasteiger partial charge in [0.25, 0.3) is 0 Å². The van der Waals surface area contributed by atoms with Crippen LogP contribution in [0.4, 0.5) is 8.78 Å². The van der Waals surface area contributed by atoms with E-state index in [2.05, 4.69) is 9.97 Å². The SMILES string of the molecule is Cc1cc2c(Cl)nc(C3CCC(F)(F)C3)nc2s1. The zero-order valence-electron chi connectivity index (χ0n) is 9.71. The summed E-state index contributed by atoms with van der Waals surface area (Å²) >= 11 is 7.61. The predicted octanol–water partition coefficient (Wildman–Crippen LogP) is 4.56. The van der Waals surface area contributed by atoms with Gasteiger partial charge in [0, 0.05) is 29.0 Å². The van der Waals surface area contributed by atoms with E-state index in [0.29, 0.717) is 17.4 Å². The van der Waals surface area contributed by atoms with Crippen LogP contribution in [-0.4, -0.2) is 15.9 Å². The highest BCUT2D eigenvalue weighted by Gasteiger charge is 2.41. The van der Waals surface area contributed by atoms with Gasteiger partial charge in [-0.15, -0.1) is 11.3 Å². The first kappa shape index (κ1) is 12.2. The molecule has 0 amide bonds. The minimum absolute atomic E-state index is 0.0832. The molecule has 0 spiro atoms. The summed E-state index contributed by atoms with van der Waals surface area (Å²) in [6.45, 7) is 1.96. The molecule has 0 aromatic carbocycles. The van der Waals surface area contributed by atoms with Gasteiger partial charge in [0.2, 0.25) is 5.92 Å². The van der Waals surface area contributed by atoms with E-state index in [9.17, 15) is 8.78 Å². The van der Waals surface area contributed by atoms with Crippen LogP contribution in [0, 0.1) is 6.92 Å². The van der Waals surface area contributed by atoms with Crippen LogP contribution in [0.1, 0.15) is 35.9 Å². The molecule has 2 nitrogen and oxygen atoms in total. The Morgan fingerprint density at radius 3 is 2.89 bits per heavy atom. The Labute approximate surface area is 112 Å². The zero-order valence-corrected chi connectivity index (χ0v) is 11.3. The summed E-state index contributed by atoms with van der Waals surface area (Å²) < 4.78 is 26.4. The van der Waals surface area contributed by atoms with Gasteiger partial charge in [-0.1, -0.05) is 11.6 Å². The fourth-order valence-corrected chi connectivity index (χ4v) is 3.55. The lowest BCUT2D eigenvalue weighted by molar-refractivity contribution is 0.00755. The highest BCUT2D eigenvalue weighted by molar-refractivity contribution is 7.18. The molecule has 2 aromatic heterocycles. The Balaban J connectivity index is 2.03. The molecule has 1 aliphatic carbocycles. The first-order valence-corrected chi connectivity index (χ1v) is 6.95. The van der Waals surface area contributed by atoms with Crippen LogP contribution >= 0.6 is 22.9 Å². The Bertz CT molecular complexity index is 611. The molecule has 1 atom stereocenters. The first-order valence-electron chi connectivity index (χ1n) is 5.76. The first-order chi connectivity index (χ1) is 8.44. The molecule has 1 fully saturated rings. The van der Waals surface area contributed by atoms with Crippen molar-refractivity contribution in [2.24, 2.45) is 0 Å². The molecule has 3 rings (SSSR count). The van der Waals surface area contributed by atoms with Crippen molar-refractivity contribution in [3.05, 3.63) is 21.9 Å². The van der Waals surface area contributed by atoms with Gasteiger partial charge < -0.3 is 0 Å². The fourth-order valence-electron chi connectivity index (χ4n) is 2.38. The number of aromatic nitrogens is 2. The molecule has 0 aliphatic heterocycles. The molecule has 2 aromatic rings. The Morgan fingerprint density at radius 1 is 1.44 bits per heavy atom. The molecular formula is C12H11ClF2N2S. The van der Waals surface area contributed by atoms with Crippen molar-refractivity contribution in [2.75, 3.05) is 0 Å². The standard InChI is InChI=1S/C12H11ClF2N2S/c1-6-4-8-9(13)16-10(17-11(8)18-6)7-2-3-12(14,15)5-7/h4,7H,2-3,5H2,1H3. The van der Waals surface area contributed by atoms with Crippen molar-refractivity contribution in [1.82, 2.24) is 9.97 Å². The van der Waals surface area contributed by atoms with E-state index in [-0.39, 0.29) is 18.8 Å². The van der Waals surface area contributed by atoms with E-state index in [4.69, 9.17) is 11.6 Å². The second-order valence-corrected chi connectivity index (χ2v) is 6.34. The average Bonchev–Trinajstić information content (AvgIpc) is 2.80. The van der Waals surface area contributed by atoms with E-state index in [1.54, 1.807) is 0 Å². The van der Waals surface area contributed by atoms with E-state index < -0.39 is 5.92 Å². The summed E-state index contributed by atoms with van der Waals surface area (Å²) in [6.07, 6.45) is 0.179. The molecule has 0 N–H and O–H groups in total. The van der Waals surface area contributed by atoms with Gasteiger partial charge in [-0.2, -0.15) is 0 Å². The minimum atomic E-state index is -2.58. The van der Waals surface area contributed by atoms with E-state index in [0.717, 1.165) is 15.1 Å². The van der Waals surface area contributed by atoms with Crippen LogP contribution in [0.5, 0.6) is 0 Å². The molecule has 0 radical (unpaired) electrons. The van der Waals surface area contributed by atoms with Crippen molar-refractivity contribution in [1.29, 1.82) is 0 Å². The maximum atomic E-state index is 13.2. The molecule has 6 heteroatoms. The molecule has 18 heavy (non-hydrogen) atoms. The number of thiophene rings is 1. The van der Waals surface area contributed by atoms with Crippen LogP contribution in [0.3, 0.4) is 0 Å². The third-order valence-corrected chi connectivity index (χ3v) is 4.49. The molecule has 2 heterocycles. The van der Waals surface area contributed by atoms with Crippen LogP contribution in [-0.2, 0) is 0 Å². The topological polar surface area (TPSA) is 25.8 Å². The molecular weight excluding hydrogens is 278 g/mol. The number of alkyl halides is 2. The second-order valence-electron chi connectivity index (χ2n) is 4.74. The van der Waals surface area contributed by atoms with Crippen molar-refractivity contribution in [3.8, 4) is 0 Å². The Morgan fingerprint density at radius 2 is 2.22 bits per heavy atom. The summed E-state index contributed by atoms with van der Waals surface area (Å²) in [5.41, 5.74) is 0. The van der Waals surface area contributed by atoms with Gasteiger partial charge in [-0.3, -0.25) is 0 Å². The van der Waals surface area contributed by atoms with Gasteiger partial charge >= 0.3 is 0 Å². The maximum Gasteiger partial charge on any atom is 0.248 e. The number of nitrogens with zero attached hydrogens (tertiary/aromatic N) is 2. The number of hydrogen-bond acceptors (Lipinski definition) is 3. The van der Waals surface area contributed by atoms with E-state index in [1.807, 2.05) is 13.0 Å². The Hall–Kier alpha value is -0.810. The van der Waals surface area contributed by atoms with E-state index >= 15 is 0 Å². The van der Waals surface area contributed by atoms with Gasteiger partial charge in [0.15, 0.2) is 0 Å². The fraction of sp³-hybridized carbons (Fsp3) is 0.500. The lowest BCUT2D eigenvalue weighted by Crippen LogP contribution is -2.10. The summed E-state index contributed by atoms with van der Waals surface area (Å²) in [5.74, 6) is -2.39. The van der Waals surface area contributed by atoms with Crippen LogP contribution < -0.4 is 0 Å². The van der Waals surface area contributed by atoms with Crippen molar-refractivity contribution in [3.63, 3.8) is 0 Å². The molecule has 1 saturated carbocycles. The van der Waals surface area contributed by atoms with Gasteiger partial charge in [-0.05, 0) is 19.4 Å². The van der Waals surface area contributed by atoms with Crippen molar-refractivity contribution >= 4 is 33.2 Å². The number of fused-ring (bicyclic) bond motifs is 1. The van der Waals surface area contributed by atoms with Crippen LogP contribution in [0.25, 0.3) is 10.2 Å². The summed E-state index contributed by atoms with van der Waals surface area (Å²) in [4.78, 5) is 10.5. The third-order valence-electron chi connectivity index (χ3n) is 3.26. The maximum absolute atomic E-state index is 13.2. The lowest BCUT2D eigenvalue weighted by atomic mass is 10.1. The summed E-state index contributed by atoms with van der Waals surface area (Å²) in [5, 5.41) is 1.18. The smallest absolute Gasteiger partial charge is 0.222 e.